The molecule has 17 heavy (non-hydrogen) atoms. The quantitative estimate of drug-likeness (QED) is 0.663. The molecule has 1 rings (SSSR count). The normalized spacial score (nSPS) is 11.0. The van der Waals surface area contributed by atoms with E-state index in [2.05, 4.69) is 0 Å². The summed E-state index contributed by atoms with van der Waals surface area (Å²) >= 11 is 5.76. The van der Waals surface area contributed by atoms with E-state index < -0.39 is 16.5 Å². The maximum atomic E-state index is 10.8. The van der Waals surface area contributed by atoms with Crippen LogP contribution in [0.15, 0.2) is 18.2 Å². The van der Waals surface area contributed by atoms with Crippen LogP contribution in [-0.2, 0) is 4.79 Å². The van der Waals surface area contributed by atoms with Crippen molar-refractivity contribution in [1.82, 2.24) is 0 Å². The number of halogens is 1. The van der Waals surface area contributed by atoms with Crippen LogP contribution in [0.2, 0.25) is 5.02 Å². The number of carboxylic acid groups (broad SMARTS) is 1. The molecule has 6 nitrogen and oxygen atoms in total. The SMILES string of the molecule is CC(C)(Oc1ccc([N+](=O)[O-])cc1Cl)C(=O)O. The average molecular weight is 260 g/mol. The molecular weight excluding hydrogens is 250 g/mol. The van der Waals surface area contributed by atoms with Gasteiger partial charge in [0, 0.05) is 12.1 Å². The molecule has 0 saturated carbocycles. The Morgan fingerprint density at radius 2 is 2.12 bits per heavy atom. The summed E-state index contributed by atoms with van der Waals surface area (Å²) in [7, 11) is 0. The minimum absolute atomic E-state index is 0.00600. The molecule has 0 radical (unpaired) electrons. The topological polar surface area (TPSA) is 89.7 Å². The second-order valence-electron chi connectivity index (χ2n) is 3.79. The lowest BCUT2D eigenvalue weighted by molar-refractivity contribution is -0.384. The van der Waals surface area contributed by atoms with Crippen molar-refractivity contribution in [2.75, 3.05) is 0 Å². The Morgan fingerprint density at radius 3 is 2.53 bits per heavy atom. The smallest absolute Gasteiger partial charge is 0.347 e. The molecule has 1 N–H and O–H groups in total. The molecule has 0 spiro atoms. The highest BCUT2D eigenvalue weighted by atomic mass is 35.5. The van der Waals surface area contributed by atoms with Crippen molar-refractivity contribution in [3.63, 3.8) is 0 Å². The first-order valence-corrected chi connectivity index (χ1v) is 4.98. The van der Waals surface area contributed by atoms with E-state index in [4.69, 9.17) is 21.4 Å². The minimum Gasteiger partial charge on any atom is -0.478 e. The Balaban J connectivity index is 3.02. The Bertz CT molecular complexity index is 472. The first-order chi connectivity index (χ1) is 7.74. The molecule has 0 amide bonds. The van der Waals surface area contributed by atoms with Crippen LogP contribution in [0, 0.1) is 10.1 Å². The van der Waals surface area contributed by atoms with Gasteiger partial charge in [0.2, 0.25) is 0 Å². The van der Waals surface area contributed by atoms with E-state index >= 15 is 0 Å². The van der Waals surface area contributed by atoms with Crippen LogP contribution in [0.3, 0.4) is 0 Å². The van der Waals surface area contributed by atoms with Crippen molar-refractivity contribution >= 4 is 23.3 Å². The number of non-ortho nitro benzene ring substituents is 1. The third-order valence-electron chi connectivity index (χ3n) is 2.01. The summed E-state index contributed by atoms with van der Waals surface area (Å²) in [5, 5.41) is 19.3. The van der Waals surface area contributed by atoms with Crippen molar-refractivity contribution in [1.29, 1.82) is 0 Å². The van der Waals surface area contributed by atoms with Gasteiger partial charge in [-0.25, -0.2) is 4.79 Å². The zero-order valence-corrected chi connectivity index (χ0v) is 9.89. The van der Waals surface area contributed by atoms with Crippen molar-refractivity contribution < 1.29 is 19.6 Å². The summed E-state index contributed by atoms with van der Waals surface area (Å²) in [6, 6.07) is 3.57. The number of rotatable bonds is 4. The Morgan fingerprint density at radius 1 is 1.53 bits per heavy atom. The van der Waals surface area contributed by atoms with Crippen LogP contribution in [-0.4, -0.2) is 21.6 Å². The summed E-state index contributed by atoms with van der Waals surface area (Å²) in [4.78, 5) is 20.7. The number of benzene rings is 1. The molecule has 1 aromatic rings. The number of hydrogen-bond donors (Lipinski definition) is 1. The summed E-state index contributed by atoms with van der Waals surface area (Å²) in [6.45, 7) is 2.71. The van der Waals surface area contributed by atoms with Gasteiger partial charge >= 0.3 is 5.97 Å². The van der Waals surface area contributed by atoms with E-state index in [1.807, 2.05) is 0 Å². The van der Waals surface area contributed by atoms with Gasteiger partial charge in [0.25, 0.3) is 5.69 Å². The van der Waals surface area contributed by atoms with Gasteiger partial charge in [0.1, 0.15) is 5.75 Å². The van der Waals surface area contributed by atoms with Crippen LogP contribution in [0.5, 0.6) is 5.75 Å². The lowest BCUT2D eigenvalue weighted by Crippen LogP contribution is -2.37. The number of ether oxygens (including phenoxy) is 1. The van der Waals surface area contributed by atoms with E-state index in [0.29, 0.717) is 0 Å². The number of hydrogen-bond acceptors (Lipinski definition) is 4. The van der Waals surface area contributed by atoms with Gasteiger partial charge in [0.15, 0.2) is 5.60 Å². The van der Waals surface area contributed by atoms with E-state index in [0.717, 1.165) is 6.07 Å². The molecular formula is C10H10ClNO5. The lowest BCUT2D eigenvalue weighted by Gasteiger charge is -2.21. The zero-order chi connectivity index (χ0) is 13.2. The highest BCUT2D eigenvalue weighted by Crippen LogP contribution is 2.31. The van der Waals surface area contributed by atoms with Crippen LogP contribution in [0.4, 0.5) is 5.69 Å². The van der Waals surface area contributed by atoms with E-state index in [1.165, 1.54) is 26.0 Å². The molecule has 0 aliphatic heterocycles. The summed E-state index contributed by atoms with van der Waals surface area (Å²) in [5.41, 5.74) is -1.64. The minimum atomic E-state index is -1.46. The average Bonchev–Trinajstić information content (AvgIpc) is 2.20. The first kappa shape index (κ1) is 13.2. The molecule has 0 heterocycles. The largest absolute Gasteiger partial charge is 0.478 e. The molecule has 0 unspecified atom stereocenters. The van der Waals surface area contributed by atoms with Crippen LogP contribution in [0.25, 0.3) is 0 Å². The second kappa shape index (κ2) is 4.58. The molecule has 0 aliphatic rings. The third-order valence-corrected chi connectivity index (χ3v) is 2.30. The van der Waals surface area contributed by atoms with Crippen LogP contribution >= 0.6 is 11.6 Å². The number of nitro benzene ring substituents is 1. The van der Waals surface area contributed by atoms with Gasteiger partial charge in [-0.1, -0.05) is 11.6 Å². The Kier molecular flexibility index (Phi) is 3.57. The van der Waals surface area contributed by atoms with Gasteiger partial charge in [-0.15, -0.1) is 0 Å². The van der Waals surface area contributed by atoms with Crippen molar-refractivity contribution in [3.8, 4) is 5.75 Å². The van der Waals surface area contributed by atoms with E-state index in [-0.39, 0.29) is 16.5 Å². The molecule has 0 bridgehead atoms. The van der Waals surface area contributed by atoms with Crippen molar-refractivity contribution in [2.24, 2.45) is 0 Å². The van der Waals surface area contributed by atoms with E-state index in [1.54, 1.807) is 0 Å². The maximum absolute atomic E-state index is 10.8. The maximum Gasteiger partial charge on any atom is 0.347 e. The van der Waals surface area contributed by atoms with Gasteiger partial charge in [0.05, 0.1) is 9.95 Å². The standard InChI is InChI=1S/C10H10ClNO5/c1-10(2,9(13)14)17-8-4-3-6(12(15)16)5-7(8)11/h3-5H,1-2H3,(H,13,14). The van der Waals surface area contributed by atoms with Crippen LogP contribution < -0.4 is 4.74 Å². The molecule has 0 fully saturated rings. The highest BCUT2D eigenvalue weighted by Gasteiger charge is 2.30. The second-order valence-corrected chi connectivity index (χ2v) is 4.20. The van der Waals surface area contributed by atoms with Gasteiger partial charge in [-0.2, -0.15) is 0 Å². The molecule has 7 heteroatoms. The highest BCUT2D eigenvalue weighted by molar-refractivity contribution is 6.32. The Labute approximate surface area is 102 Å². The lowest BCUT2D eigenvalue weighted by atomic mass is 10.1. The fourth-order valence-corrected chi connectivity index (χ4v) is 1.22. The van der Waals surface area contributed by atoms with Gasteiger partial charge < -0.3 is 9.84 Å². The molecule has 0 aliphatic carbocycles. The Hall–Kier alpha value is -1.82. The summed E-state index contributed by atoms with van der Waals surface area (Å²) in [6.07, 6.45) is 0. The molecule has 0 aromatic heterocycles. The number of nitro groups is 1. The van der Waals surface area contributed by atoms with Crippen LogP contribution in [0.1, 0.15) is 13.8 Å². The zero-order valence-electron chi connectivity index (χ0n) is 9.14. The van der Waals surface area contributed by atoms with Crippen molar-refractivity contribution in [3.05, 3.63) is 33.3 Å². The predicted octanol–water partition coefficient (Wildman–Crippen LogP) is 2.49. The number of aliphatic carboxylic acids is 1. The van der Waals surface area contributed by atoms with Crippen molar-refractivity contribution in [2.45, 2.75) is 19.4 Å². The molecule has 1 aromatic carbocycles. The number of carboxylic acids is 1. The molecule has 92 valence electrons. The fourth-order valence-electron chi connectivity index (χ4n) is 1.00. The number of carbonyl (C=O) groups is 1. The molecule has 0 saturated heterocycles. The first-order valence-electron chi connectivity index (χ1n) is 4.60. The van der Waals surface area contributed by atoms with E-state index in [9.17, 15) is 14.9 Å². The van der Waals surface area contributed by atoms with Gasteiger partial charge in [-0.05, 0) is 19.9 Å². The summed E-state index contributed by atoms with van der Waals surface area (Å²) in [5.74, 6) is -1.07. The third kappa shape index (κ3) is 3.07. The summed E-state index contributed by atoms with van der Waals surface area (Å²) < 4.78 is 5.17. The van der Waals surface area contributed by atoms with Gasteiger partial charge in [-0.3, -0.25) is 10.1 Å². The number of nitrogens with zero attached hydrogens (tertiary/aromatic N) is 1. The monoisotopic (exact) mass is 259 g/mol. The molecule has 0 atom stereocenters. The fraction of sp³-hybridized carbons (Fsp3) is 0.300. The predicted molar refractivity (Wildman–Crippen MR) is 60.4 cm³/mol.